The highest BCUT2D eigenvalue weighted by molar-refractivity contribution is 7.10. The Morgan fingerprint density at radius 1 is 0.930 bits per heavy atom. The molecule has 0 saturated heterocycles. The molecule has 43 heavy (non-hydrogen) atoms. The molecule has 0 bridgehead atoms. The van der Waals surface area contributed by atoms with Crippen molar-refractivity contribution < 1.29 is 18.6 Å². The SMILES string of the molecule is CNCC[C@H](Oc1cccc2ccccc12)c1cccs1.OC(Cn1cncn1)(Cn1cncn1)c1ccc(F)cc1F. The summed E-state index contributed by atoms with van der Waals surface area (Å²) in [6.07, 6.45) is 6.46. The second kappa shape index (κ2) is 14.1. The molecule has 0 amide bonds. The monoisotopic (exact) mass is 603 g/mol. The van der Waals surface area contributed by atoms with Gasteiger partial charge in [0, 0.05) is 28.3 Å². The summed E-state index contributed by atoms with van der Waals surface area (Å²) in [6, 6.07) is 21.8. The van der Waals surface area contributed by atoms with Crippen molar-refractivity contribution in [1.29, 1.82) is 0 Å². The highest BCUT2D eigenvalue weighted by Crippen LogP contribution is 2.32. The van der Waals surface area contributed by atoms with Crippen molar-refractivity contribution in [3.05, 3.63) is 126 Å². The Labute approximate surface area is 251 Å². The summed E-state index contributed by atoms with van der Waals surface area (Å²) in [6.45, 7) is 0.790. The van der Waals surface area contributed by atoms with E-state index in [9.17, 15) is 13.9 Å². The minimum atomic E-state index is -1.70. The van der Waals surface area contributed by atoms with Crippen molar-refractivity contribution in [1.82, 2.24) is 34.8 Å². The molecular weight excluding hydrogens is 572 g/mol. The number of hydrogen-bond donors (Lipinski definition) is 2. The van der Waals surface area contributed by atoms with E-state index in [0.717, 1.165) is 30.8 Å². The number of nitrogens with zero attached hydrogens (tertiary/aromatic N) is 6. The van der Waals surface area contributed by atoms with Crippen LogP contribution in [0.1, 0.15) is 23.0 Å². The van der Waals surface area contributed by atoms with Crippen LogP contribution in [0.3, 0.4) is 0 Å². The lowest BCUT2D eigenvalue weighted by molar-refractivity contribution is -0.00856. The van der Waals surface area contributed by atoms with Crippen LogP contribution in [0.15, 0.2) is 103 Å². The van der Waals surface area contributed by atoms with Gasteiger partial charge in [0.1, 0.15) is 54.4 Å². The van der Waals surface area contributed by atoms with Crippen LogP contribution in [-0.4, -0.2) is 48.2 Å². The summed E-state index contributed by atoms with van der Waals surface area (Å²) in [4.78, 5) is 8.85. The van der Waals surface area contributed by atoms with E-state index in [1.165, 1.54) is 56.4 Å². The Balaban J connectivity index is 0.000000171. The van der Waals surface area contributed by atoms with E-state index >= 15 is 0 Å². The number of rotatable bonds is 11. The van der Waals surface area contributed by atoms with Crippen LogP contribution in [0.25, 0.3) is 10.8 Å². The van der Waals surface area contributed by atoms with Crippen LogP contribution in [0.4, 0.5) is 8.78 Å². The molecule has 9 nitrogen and oxygen atoms in total. The van der Waals surface area contributed by atoms with Gasteiger partial charge in [-0.05, 0) is 42.6 Å². The third-order valence-electron chi connectivity index (χ3n) is 6.75. The fourth-order valence-corrected chi connectivity index (χ4v) is 5.50. The molecule has 2 N–H and O–H groups in total. The fraction of sp³-hybridized carbons (Fsp3) is 0.226. The second-order valence-corrected chi connectivity index (χ2v) is 10.8. The van der Waals surface area contributed by atoms with E-state index in [1.807, 2.05) is 7.05 Å². The van der Waals surface area contributed by atoms with Crippen molar-refractivity contribution in [2.24, 2.45) is 0 Å². The molecule has 0 saturated carbocycles. The number of benzene rings is 3. The maximum absolute atomic E-state index is 14.1. The van der Waals surface area contributed by atoms with Crippen LogP contribution in [0, 0.1) is 11.6 Å². The van der Waals surface area contributed by atoms with Gasteiger partial charge in [0.25, 0.3) is 0 Å². The maximum Gasteiger partial charge on any atom is 0.137 e. The van der Waals surface area contributed by atoms with Crippen LogP contribution in [0.5, 0.6) is 5.75 Å². The highest BCUT2D eigenvalue weighted by Gasteiger charge is 2.34. The van der Waals surface area contributed by atoms with E-state index in [-0.39, 0.29) is 24.8 Å². The highest BCUT2D eigenvalue weighted by atomic mass is 32.1. The third-order valence-corrected chi connectivity index (χ3v) is 7.71. The van der Waals surface area contributed by atoms with E-state index in [0.29, 0.717) is 0 Å². The first-order chi connectivity index (χ1) is 20.9. The van der Waals surface area contributed by atoms with Gasteiger partial charge in [-0.2, -0.15) is 10.2 Å². The number of aromatic nitrogens is 6. The summed E-state index contributed by atoms with van der Waals surface area (Å²) in [5, 5.41) is 26.5. The smallest absolute Gasteiger partial charge is 0.137 e. The summed E-state index contributed by atoms with van der Waals surface area (Å²) in [5.74, 6) is -0.601. The Kier molecular flexibility index (Phi) is 9.82. The minimum absolute atomic E-state index is 0.0556. The zero-order valence-corrected chi connectivity index (χ0v) is 24.2. The van der Waals surface area contributed by atoms with Crippen LogP contribution in [0.2, 0.25) is 0 Å². The number of hydrogen-bond acceptors (Lipinski definition) is 8. The number of halogens is 2. The van der Waals surface area contributed by atoms with Crippen LogP contribution in [-0.2, 0) is 18.7 Å². The molecule has 0 fully saturated rings. The van der Waals surface area contributed by atoms with Gasteiger partial charge in [-0.15, -0.1) is 11.3 Å². The summed E-state index contributed by atoms with van der Waals surface area (Å²) >= 11 is 1.75. The Morgan fingerprint density at radius 2 is 1.65 bits per heavy atom. The second-order valence-electron chi connectivity index (χ2n) is 9.83. The first kappa shape index (κ1) is 30.0. The molecule has 0 spiro atoms. The molecule has 6 rings (SSSR count). The first-order valence-corrected chi connectivity index (χ1v) is 14.5. The normalized spacial score (nSPS) is 12.1. The number of ether oxygens (including phenoxy) is 1. The van der Waals surface area contributed by atoms with Crippen molar-refractivity contribution in [3.8, 4) is 5.75 Å². The summed E-state index contributed by atoms with van der Waals surface area (Å²) in [7, 11) is 1.98. The number of thiophene rings is 1. The lowest BCUT2D eigenvalue weighted by atomic mass is 9.93. The maximum atomic E-state index is 14.1. The number of fused-ring (bicyclic) bond motifs is 1. The van der Waals surface area contributed by atoms with Crippen LogP contribution < -0.4 is 10.1 Å². The lowest BCUT2D eigenvalue weighted by Crippen LogP contribution is -2.37. The predicted molar refractivity (Wildman–Crippen MR) is 160 cm³/mol. The van der Waals surface area contributed by atoms with Gasteiger partial charge in [-0.25, -0.2) is 28.1 Å². The molecule has 0 radical (unpaired) electrons. The van der Waals surface area contributed by atoms with Crippen molar-refractivity contribution in [3.63, 3.8) is 0 Å². The molecule has 6 aromatic rings. The quantitative estimate of drug-likeness (QED) is 0.205. The Hall–Kier alpha value is -4.52. The van der Waals surface area contributed by atoms with Crippen molar-refractivity contribution >= 4 is 22.1 Å². The fourth-order valence-electron chi connectivity index (χ4n) is 4.71. The molecule has 0 aliphatic carbocycles. The molecule has 0 unspecified atom stereocenters. The molecule has 222 valence electrons. The molecular formula is C31H31F2N7O2S. The summed E-state index contributed by atoms with van der Waals surface area (Å²) < 4.78 is 36.3. The Bertz CT molecular complexity index is 1660. The Morgan fingerprint density at radius 3 is 2.28 bits per heavy atom. The topological polar surface area (TPSA) is 103 Å². The molecule has 0 aliphatic rings. The van der Waals surface area contributed by atoms with Gasteiger partial charge >= 0.3 is 0 Å². The standard InChI is InChI=1S/C18H19NOS.C13H12F2N6O/c1-19-12-11-17(18-10-5-13-21-18)20-16-9-4-7-14-6-2-3-8-15(14)16;14-10-1-2-11(12(15)3-10)13(22,4-20-8-16-6-18-20)5-21-9-17-7-19-21/h2-10,13,17,19H,11-12H2,1H3;1-3,6-9,22H,4-5H2/t17-;/m0./s1. The first-order valence-electron chi connectivity index (χ1n) is 13.6. The zero-order chi connectivity index (χ0) is 30.1. The molecule has 3 aromatic heterocycles. The largest absolute Gasteiger partial charge is 0.484 e. The average molecular weight is 604 g/mol. The minimum Gasteiger partial charge on any atom is -0.484 e. The van der Waals surface area contributed by atoms with E-state index in [1.54, 1.807) is 11.3 Å². The average Bonchev–Trinajstić information content (AvgIpc) is 3.81. The van der Waals surface area contributed by atoms with E-state index in [4.69, 9.17) is 4.74 Å². The van der Waals surface area contributed by atoms with Crippen molar-refractivity contribution in [2.45, 2.75) is 31.2 Å². The molecule has 3 aromatic carbocycles. The molecule has 0 aliphatic heterocycles. The third kappa shape index (κ3) is 7.66. The molecule has 1 atom stereocenters. The molecule has 3 heterocycles. The van der Waals surface area contributed by atoms with Gasteiger partial charge < -0.3 is 15.2 Å². The van der Waals surface area contributed by atoms with Gasteiger partial charge in [0.2, 0.25) is 0 Å². The van der Waals surface area contributed by atoms with Gasteiger partial charge in [-0.3, -0.25) is 0 Å². The van der Waals surface area contributed by atoms with Gasteiger partial charge in [0.05, 0.1) is 13.1 Å². The predicted octanol–water partition coefficient (Wildman–Crippen LogP) is 5.37. The van der Waals surface area contributed by atoms with Crippen molar-refractivity contribution in [2.75, 3.05) is 13.6 Å². The van der Waals surface area contributed by atoms with E-state index in [2.05, 4.69) is 85.5 Å². The number of nitrogens with one attached hydrogen (secondary N) is 1. The summed E-state index contributed by atoms with van der Waals surface area (Å²) in [5.41, 5.74) is -1.75. The van der Waals surface area contributed by atoms with Gasteiger partial charge in [-0.1, -0.05) is 48.5 Å². The zero-order valence-electron chi connectivity index (χ0n) is 23.4. The lowest BCUT2D eigenvalue weighted by Gasteiger charge is -2.28. The molecule has 12 heteroatoms. The van der Waals surface area contributed by atoms with Crippen LogP contribution >= 0.6 is 11.3 Å². The number of aliphatic hydroxyl groups is 1. The van der Waals surface area contributed by atoms with Gasteiger partial charge in [0.15, 0.2) is 0 Å². The van der Waals surface area contributed by atoms with E-state index < -0.39 is 17.2 Å².